The van der Waals surface area contributed by atoms with Crippen LogP contribution in [0, 0.1) is 11.3 Å². The zero-order valence-corrected chi connectivity index (χ0v) is 9.48. The predicted octanol–water partition coefficient (Wildman–Crippen LogP) is 1.46. The Kier molecular flexibility index (Phi) is 3.37. The molecule has 4 nitrogen and oxygen atoms in total. The molecular formula is C12H16N4. The molecule has 1 aromatic heterocycles. The van der Waals surface area contributed by atoms with Gasteiger partial charge in [-0.15, -0.1) is 0 Å². The largest absolute Gasteiger partial charge is 0.369 e. The van der Waals surface area contributed by atoms with Crippen molar-refractivity contribution in [1.82, 2.24) is 9.88 Å². The summed E-state index contributed by atoms with van der Waals surface area (Å²) in [5.74, 6) is 0.781. The molecule has 1 heterocycles. The third kappa shape index (κ3) is 2.94. The first-order chi connectivity index (χ1) is 7.79. The van der Waals surface area contributed by atoms with Crippen LogP contribution in [0.15, 0.2) is 18.3 Å². The molecule has 0 amide bonds. The van der Waals surface area contributed by atoms with Crippen molar-refractivity contribution in [2.45, 2.75) is 18.9 Å². The van der Waals surface area contributed by atoms with Gasteiger partial charge in [0.25, 0.3) is 0 Å². The van der Waals surface area contributed by atoms with E-state index in [1.165, 1.54) is 12.8 Å². The van der Waals surface area contributed by atoms with Crippen LogP contribution in [0.3, 0.4) is 0 Å². The summed E-state index contributed by atoms with van der Waals surface area (Å²) in [4.78, 5) is 6.53. The van der Waals surface area contributed by atoms with E-state index in [9.17, 15) is 0 Å². The molecule has 2 rings (SSSR count). The molecule has 16 heavy (non-hydrogen) atoms. The number of likely N-dealkylation sites (N-methyl/N-ethyl adjacent to an activating group) is 1. The van der Waals surface area contributed by atoms with E-state index in [1.807, 2.05) is 0 Å². The molecule has 1 aliphatic rings. The van der Waals surface area contributed by atoms with Gasteiger partial charge in [-0.1, -0.05) is 0 Å². The number of nitrogens with zero attached hydrogens (tertiary/aromatic N) is 3. The summed E-state index contributed by atoms with van der Waals surface area (Å²) in [5, 5.41) is 12.0. The molecule has 1 N–H and O–H groups in total. The monoisotopic (exact) mass is 216 g/mol. The molecule has 1 fully saturated rings. The topological polar surface area (TPSA) is 52.0 Å². The lowest BCUT2D eigenvalue weighted by atomic mass is 10.3. The second-order valence-corrected chi connectivity index (χ2v) is 4.18. The van der Waals surface area contributed by atoms with E-state index in [-0.39, 0.29) is 0 Å². The molecule has 0 spiro atoms. The number of anilines is 1. The van der Waals surface area contributed by atoms with E-state index in [4.69, 9.17) is 5.26 Å². The van der Waals surface area contributed by atoms with E-state index >= 15 is 0 Å². The van der Waals surface area contributed by atoms with Gasteiger partial charge in [-0.2, -0.15) is 5.26 Å². The average Bonchev–Trinajstić information content (AvgIpc) is 3.13. The van der Waals surface area contributed by atoms with E-state index in [0.717, 1.165) is 24.9 Å². The molecule has 84 valence electrons. The fourth-order valence-corrected chi connectivity index (χ4v) is 1.65. The molecular weight excluding hydrogens is 200 g/mol. The van der Waals surface area contributed by atoms with Crippen LogP contribution in [-0.2, 0) is 0 Å². The van der Waals surface area contributed by atoms with Crippen LogP contribution in [-0.4, -0.2) is 36.1 Å². The van der Waals surface area contributed by atoms with Crippen molar-refractivity contribution in [2.24, 2.45) is 0 Å². The minimum atomic E-state index is 0.646. The summed E-state index contributed by atoms with van der Waals surface area (Å²) in [6.07, 6.45) is 4.32. The summed E-state index contributed by atoms with van der Waals surface area (Å²) in [6.45, 7) is 1.89. The van der Waals surface area contributed by atoms with E-state index < -0.39 is 0 Å². The standard InChI is InChI=1S/C12H16N4/c1-16(11-2-3-11)7-6-15-12-8-10(9-13)4-5-14-12/h4-5,8,11H,2-3,6-7H2,1H3,(H,14,15). The number of nitriles is 1. The maximum Gasteiger partial charge on any atom is 0.127 e. The Labute approximate surface area is 95.9 Å². The van der Waals surface area contributed by atoms with Crippen LogP contribution < -0.4 is 5.32 Å². The summed E-state index contributed by atoms with van der Waals surface area (Å²) in [7, 11) is 2.15. The minimum Gasteiger partial charge on any atom is -0.369 e. The maximum absolute atomic E-state index is 8.74. The fraction of sp³-hybridized carbons (Fsp3) is 0.500. The predicted molar refractivity (Wildman–Crippen MR) is 63.1 cm³/mol. The molecule has 0 atom stereocenters. The first-order valence-corrected chi connectivity index (χ1v) is 5.60. The van der Waals surface area contributed by atoms with Crippen LogP contribution >= 0.6 is 0 Å². The van der Waals surface area contributed by atoms with Gasteiger partial charge in [0.2, 0.25) is 0 Å². The fourth-order valence-electron chi connectivity index (χ4n) is 1.65. The number of nitrogens with one attached hydrogen (secondary N) is 1. The third-order valence-electron chi connectivity index (χ3n) is 2.83. The Hall–Kier alpha value is -1.60. The lowest BCUT2D eigenvalue weighted by molar-refractivity contribution is 0.337. The van der Waals surface area contributed by atoms with Gasteiger partial charge >= 0.3 is 0 Å². The van der Waals surface area contributed by atoms with Crippen molar-refractivity contribution in [3.63, 3.8) is 0 Å². The van der Waals surface area contributed by atoms with Gasteiger partial charge in [-0.25, -0.2) is 4.98 Å². The number of hydrogen-bond acceptors (Lipinski definition) is 4. The zero-order valence-electron chi connectivity index (χ0n) is 9.48. The molecule has 0 aliphatic heterocycles. The van der Waals surface area contributed by atoms with Gasteiger partial charge < -0.3 is 10.2 Å². The second kappa shape index (κ2) is 4.95. The van der Waals surface area contributed by atoms with Gasteiger partial charge in [-0.05, 0) is 32.0 Å². The van der Waals surface area contributed by atoms with Crippen LogP contribution in [0.5, 0.6) is 0 Å². The molecule has 0 unspecified atom stereocenters. The van der Waals surface area contributed by atoms with Crippen LogP contribution in [0.1, 0.15) is 18.4 Å². The molecule has 0 aromatic carbocycles. The average molecular weight is 216 g/mol. The quantitative estimate of drug-likeness (QED) is 0.809. The van der Waals surface area contributed by atoms with E-state index in [1.54, 1.807) is 18.3 Å². The third-order valence-corrected chi connectivity index (χ3v) is 2.83. The maximum atomic E-state index is 8.74. The number of aromatic nitrogens is 1. The van der Waals surface area contributed by atoms with Gasteiger partial charge in [0.05, 0.1) is 11.6 Å². The Morgan fingerprint density at radius 1 is 1.62 bits per heavy atom. The highest BCUT2D eigenvalue weighted by molar-refractivity contribution is 5.42. The van der Waals surface area contributed by atoms with Crippen molar-refractivity contribution in [3.8, 4) is 6.07 Å². The normalized spacial score (nSPS) is 14.8. The Morgan fingerprint density at radius 3 is 3.12 bits per heavy atom. The van der Waals surface area contributed by atoms with E-state index in [2.05, 4.69) is 28.3 Å². The van der Waals surface area contributed by atoms with Gasteiger partial charge in [-0.3, -0.25) is 0 Å². The Morgan fingerprint density at radius 2 is 2.44 bits per heavy atom. The number of hydrogen-bond donors (Lipinski definition) is 1. The lowest BCUT2D eigenvalue weighted by Crippen LogP contribution is -2.27. The number of pyridine rings is 1. The van der Waals surface area contributed by atoms with Crippen molar-refractivity contribution in [1.29, 1.82) is 5.26 Å². The molecule has 0 radical (unpaired) electrons. The summed E-state index contributed by atoms with van der Waals surface area (Å²) in [5.41, 5.74) is 0.646. The van der Waals surface area contributed by atoms with E-state index in [0.29, 0.717) is 5.56 Å². The Bertz CT molecular complexity index is 392. The van der Waals surface area contributed by atoms with Crippen LogP contribution in [0.4, 0.5) is 5.82 Å². The van der Waals surface area contributed by atoms with Gasteiger partial charge in [0, 0.05) is 25.3 Å². The van der Waals surface area contributed by atoms with Crippen molar-refractivity contribution < 1.29 is 0 Å². The lowest BCUT2D eigenvalue weighted by Gasteiger charge is -2.15. The molecule has 4 heteroatoms. The SMILES string of the molecule is CN(CCNc1cc(C#N)ccn1)C1CC1. The highest BCUT2D eigenvalue weighted by Gasteiger charge is 2.25. The molecule has 0 saturated heterocycles. The van der Waals surface area contributed by atoms with Crippen LogP contribution in [0.25, 0.3) is 0 Å². The van der Waals surface area contributed by atoms with Crippen molar-refractivity contribution >= 4 is 5.82 Å². The van der Waals surface area contributed by atoms with Gasteiger partial charge in [0.15, 0.2) is 0 Å². The molecule has 1 aromatic rings. The highest BCUT2D eigenvalue weighted by atomic mass is 15.2. The van der Waals surface area contributed by atoms with Gasteiger partial charge in [0.1, 0.15) is 5.82 Å². The highest BCUT2D eigenvalue weighted by Crippen LogP contribution is 2.24. The summed E-state index contributed by atoms with van der Waals surface area (Å²) >= 11 is 0. The first-order valence-electron chi connectivity index (χ1n) is 5.60. The van der Waals surface area contributed by atoms with Crippen molar-refractivity contribution in [3.05, 3.63) is 23.9 Å². The minimum absolute atomic E-state index is 0.646. The molecule has 0 bridgehead atoms. The second-order valence-electron chi connectivity index (χ2n) is 4.18. The number of rotatable bonds is 5. The molecule has 1 saturated carbocycles. The zero-order chi connectivity index (χ0) is 11.4. The van der Waals surface area contributed by atoms with Crippen molar-refractivity contribution in [2.75, 3.05) is 25.5 Å². The Balaban J connectivity index is 1.78. The first kappa shape index (κ1) is 10.9. The summed E-state index contributed by atoms with van der Waals surface area (Å²) < 4.78 is 0. The smallest absolute Gasteiger partial charge is 0.127 e. The van der Waals surface area contributed by atoms with Crippen LogP contribution in [0.2, 0.25) is 0 Å². The molecule has 1 aliphatic carbocycles. The summed E-state index contributed by atoms with van der Waals surface area (Å²) in [6, 6.07) is 6.38.